The van der Waals surface area contributed by atoms with Gasteiger partial charge in [0.1, 0.15) is 12.3 Å². The quantitative estimate of drug-likeness (QED) is 0.486. The molecule has 0 spiro atoms. The third kappa shape index (κ3) is 3.40. The number of nitrogens with zero attached hydrogens (tertiary/aromatic N) is 2. The van der Waals surface area contributed by atoms with Gasteiger partial charge in [-0.15, -0.1) is 4.84 Å². The van der Waals surface area contributed by atoms with Crippen LogP contribution in [-0.2, 0) is 17.6 Å². The maximum atomic E-state index is 12.7. The molecule has 0 aliphatic carbocycles. The Balaban J connectivity index is 2.50. The number of benzene rings is 1. The molecule has 0 aliphatic heterocycles. The number of hydrogen-bond donors (Lipinski definition) is 0. The molecular formula is C12H10F5N2O+. The Morgan fingerprint density at radius 2 is 1.85 bits per heavy atom. The number of hydrogen-bond acceptors (Lipinski definition) is 2. The van der Waals surface area contributed by atoms with Gasteiger partial charge in [0.15, 0.2) is 12.1 Å². The number of aromatic nitrogens is 1. The first kappa shape index (κ1) is 14.6. The maximum absolute atomic E-state index is 12.7. The molecule has 0 unspecified atom stereocenters. The second-order valence-electron chi connectivity index (χ2n) is 4.18. The summed E-state index contributed by atoms with van der Waals surface area (Å²) >= 11 is 0. The Hall–Kier alpha value is -1.80. The van der Waals surface area contributed by atoms with Crippen LogP contribution in [-0.4, -0.2) is 17.1 Å². The van der Waals surface area contributed by atoms with Gasteiger partial charge in [-0.25, -0.2) is 4.98 Å². The zero-order chi connectivity index (χ0) is 15.0. The number of halogens is 5. The van der Waals surface area contributed by atoms with Crippen molar-refractivity contribution in [2.24, 2.45) is 0 Å². The van der Waals surface area contributed by atoms with E-state index in [0.29, 0.717) is 12.4 Å². The van der Waals surface area contributed by atoms with Crippen molar-refractivity contribution in [3.8, 4) is 0 Å². The first-order valence-corrected chi connectivity index (χ1v) is 5.53. The van der Waals surface area contributed by atoms with E-state index in [-0.39, 0.29) is 11.1 Å². The fourth-order valence-corrected chi connectivity index (χ4v) is 1.70. The molecule has 0 bridgehead atoms. The van der Waals surface area contributed by atoms with Crippen molar-refractivity contribution in [3.05, 3.63) is 41.6 Å². The number of rotatable bonds is 3. The van der Waals surface area contributed by atoms with Crippen molar-refractivity contribution in [1.29, 1.82) is 0 Å². The zero-order valence-electron chi connectivity index (χ0n) is 10.3. The van der Waals surface area contributed by atoms with Crippen LogP contribution in [0.3, 0.4) is 0 Å². The summed E-state index contributed by atoms with van der Waals surface area (Å²) in [5, 5.41) is -2.45. The summed E-state index contributed by atoms with van der Waals surface area (Å²) in [7, 11) is 0.466. The second kappa shape index (κ2) is 4.95. The van der Waals surface area contributed by atoms with E-state index in [1.807, 2.05) is 0 Å². The Kier molecular flexibility index (Phi) is 3.61. The summed E-state index contributed by atoms with van der Waals surface area (Å²) in [6.45, 7) is -0.657. The largest absolute Gasteiger partial charge is 0.433 e. The van der Waals surface area contributed by atoms with Crippen LogP contribution >= 0.6 is 0 Å². The lowest BCUT2D eigenvalue weighted by Gasteiger charge is -2.12. The minimum absolute atomic E-state index is 0.00238. The fraction of sp³-hybridized carbons (Fsp3) is 0.250. The van der Waals surface area contributed by atoms with Gasteiger partial charge in [-0.3, -0.25) is 0 Å². The van der Waals surface area contributed by atoms with E-state index in [9.17, 15) is 22.1 Å². The van der Waals surface area contributed by atoms with Gasteiger partial charge in [-0.05, 0) is 17.7 Å². The molecule has 2 rings (SSSR count). The van der Waals surface area contributed by atoms with Crippen LogP contribution in [0, 0.1) is 0 Å². The summed E-state index contributed by atoms with van der Waals surface area (Å²) in [5.41, 5.74) is -1.06. The predicted octanol–water partition coefficient (Wildman–Crippen LogP) is 3.90. The summed E-state index contributed by atoms with van der Waals surface area (Å²) in [6, 6.07) is 6.71. The Bertz CT molecular complexity index is 621. The topological polar surface area (TPSA) is 22.1 Å². The maximum Gasteiger partial charge on any atom is 0.433 e. The van der Waals surface area contributed by atoms with Crippen molar-refractivity contribution < 1.29 is 32.1 Å². The van der Waals surface area contributed by atoms with Gasteiger partial charge in [-0.2, -0.15) is 13.2 Å². The minimum atomic E-state index is -4.65. The number of hydroxylamine groups is 1. The Morgan fingerprint density at radius 3 is 2.45 bits per heavy atom. The van der Waals surface area contributed by atoms with E-state index in [0.717, 1.165) is 6.07 Å². The number of pyridine rings is 1. The van der Waals surface area contributed by atoms with E-state index < -0.39 is 23.6 Å². The number of para-hydroxylation sites is 1. The molecule has 20 heavy (non-hydrogen) atoms. The van der Waals surface area contributed by atoms with Crippen molar-refractivity contribution in [1.82, 2.24) is 4.98 Å². The van der Waals surface area contributed by atoms with Gasteiger partial charge in [0, 0.05) is 5.39 Å². The number of alkyl halides is 3. The second-order valence-corrected chi connectivity index (χ2v) is 4.18. The Labute approximate surface area is 110 Å². The van der Waals surface area contributed by atoms with E-state index in [1.54, 1.807) is 6.07 Å². The van der Waals surface area contributed by atoms with Gasteiger partial charge in [0.2, 0.25) is 0 Å². The minimum Gasteiger partial charge on any atom is -0.243 e. The van der Waals surface area contributed by atoms with Crippen LogP contribution < -0.4 is 0 Å². The average molecular weight is 293 g/mol. The zero-order valence-corrected chi connectivity index (χ0v) is 10.3. The van der Waals surface area contributed by atoms with Crippen LogP contribution in [0.2, 0.25) is 0 Å². The molecule has 0 saturated heterocycles. The van der Waals surface area contributed by atoms with E-state index in [2.05, 4.69) is 9.82 Å². The first-order valence-electron chi connectivity index (χ1n) is 5.53. The van der Waals surface area contributed by atoms with Crippen LogP contribution in [0.25, 0.3) is 10.9 Å². The molecule has 0 amide bonds. The average Bonchev–Trinajstić information content (AvgIpc) is 2.33. The molecule has 1 aromatic heterocycles. The molecule has 2 aromatic rings. The molecule has 0 aliphatic rings. The van der Waals surface area contributed by atoms with Gasteiger partial charge >= 0.3 is 6.18 Å². The molecule has 0 N–H and O–H groups in total. The molecular weight excluding hydrogens is 283 g/mol. The molecule has 108 valence electrons. The SMILES string of the molecule is C[N+](F)(F)OCc1cc(C(F)(F)F)nc2ccccc12. The highest BCUT2D eigenvalue weighted by atomic mass is 19.4. The third-order valence-electron chi connectivity index (χ3n) is 2.54. The van der Waals surface area contributed by atoms with Crippen LogP contribution in [0.1, 0.15) is 11.3 Å². The molecule has 0 fully saturated rings. The van der Waals surface area contributed by atoms with Crippen molar-refractivity contribution in [3.63, 3.8) is 0 Å². The lowest BCUT2D eigenvalue weighted by Crippen LogP contribution is -2.24. The monoisotopic (exact) mass is 293 g/mol. The van der Waals surface area contributed by atoms with E-state index in [1.165, 1.54) is 18.2 Å². The standard InChI is InChI=1S/C12H10F5N2O/c1-19(16,17)20-7-8-6-11(12(13,14)15)18-10-5-3-2-4-9(8)10/h2-6H,7H2,1H3/q+1. The van der Waals surface area contributed by atoms with Gasteiger partial charge < -0.3 is 0 Å². The normalized spacial score (nSPS) is 12.9. The van der Waals surface area contributed by atoms with Crippen molar-refractivity contribution in [2.75, 3.05) is 7.05 Å². The smallest absolute Gasteiger partial charge is 0.243 e. The summed E-state index contributed by atoms with van der Waals surface area (Å²) in [6.07, 6.45) is -4.65. The molecule has 1 heterocycles. The lowest BCUT2D eigenvalue weighted by atomic mass is 10.1. The van der Waals surface area contributed by atoms with Crippen molar-refractivity contribution >= 4 is 10.9 Å². The van der Waals surface area contributed by atoms with Gasteiger partial charge in [0.25, 0.3) is 0 Å². The molecule has 0 radical (unpaired) electrons. The molecule has 0 atom stereocenters. The number of quaternary nitrogens is 1. The summed E-state index contributed by atoms with van der Waals surface area (Å²) in [5.74, 6) is 0. The van der Waals surface area contributed by atoms with Crippen molar-refractivity contribution in [2.45, 2.75) is 12.8 Å². The highest BCUT2D eigenvalue weighted by Gasteiger charge is 2.34. The molecule has 0 saturated carbocycles. The highest BCUT2D eigenvalue weighted by Crippen LogP contribution is 2.31. The van der Waals surface area contributed by atoms with E-state index >= 15 is 0 Å². The van der Waals surface area contributed by atoms with Gasteiger partial charge in [0.05, 0.1) is 14.5 Å². The Morgan fingerprint density at radius 1 is 1.20 bits per heavy atom. The molecule has 1 aromatic carbocycles. The predicted molar refractivity (Wildman–Crippen MR) is 59.9 cm³/mol. The first-order chi connectivity index (χ1) is 9.17. The van der Waals surface area contributed by atoms with Crippen LogP contribution in [0.5, 0.6) is 0 Å². The number of fused-ring (bicyclic) bond motifs is 1. The lowest BCUT2D eigenvalue weighted by molar-refractivity contribution is -1.29. The third-order valence-corrected chi connectivity index (χ3v) is 2.54. The van der Waals surface area contributed by atoms with Gasteiger partial charge in [-0.1, -0.05) is 18.2 Å². The molecule has 3 nitrogen and oxygen atoms in total. The van der Waals surface area contributed by atoms with E-state index in [4.69, 9.17) is 0 Å². The van der Waals surface area contributed by atoms with Crippen LogP contribution in [0.4, 0.5) is 22.1 Å². The summed E-state index contributed by atoms with van der Waals surface area (Å²) < 4.78 is 63.4. The molecule has 8 heteroatoms. The van der Waals surface area contributed by atoms with Crippen LogP contribution in [0.15, 0.2) is 30.3 Å². The highest BCUT2D eigenvalue weighted by molar-refractivity contribution is 5.82. The summed E-state index contributed by atoms with van der Waals surface area (Å²) in [4.78, 5) is 7.68. The fourth-order valence-electron chi connectivity index (χ4n) is 1.70.